The highest BCUT2D eigenvalue weighted by molar-refractivity contribution is 9.09. The van der Waals surface area contributed by atoms with Gasteiger partial charge >= 0.3 is 0 Å². The Balaban J connectivity index is 2.03. The second-order valence-electron chi connectivity index (χ2n) is 4.18. The van der Waals surface area contributed by atoms with Crippen LogP contribution in [0.25, 0.3) is 0 Å². The number of halogens is 1. The first-order valence-corrected chi connectivity index (χ1v) is 6.77. The van der Waals surface area contributed by atoms with Gasteiger partial charge in [0.15, 0.2) is 0 Å². The van der Waals surface area contributed by atoms with Crippen LogP contribution < -0.4 is 0 Å². The van der Waals surface area contributed by atoms with Crippen molar-refractivity contribution in [2.24, 2.45) is 0 Å². The van der Waals surface area contributed by atoms with Crippen molar-refractivity contribution in [1.82, 2.24) is 0 Å². The molecular weight excluding hydrogens is 268 g/mol. The topological polar surface area (TPSA) is 18.5 Å². The Morgan fingerprint density at radius 3 is 3.06 bits per heavy atom. The number of hydrogen-bond acceptors (Lipinski definition) is 2. The van der Waals surface area contributed by atoms with Gasteiger partial charge in [0.1, 0.15) is 0 Å². The molecule has 0 spiro atoms. The fourth-order valence-electron chi connectivity index (χ4n) is 1.93. The number of benzene rings is 1. The van der Waals surface area contributed by atoms with Gasteiger partial charge in [0.2, 0.25) is 0 Å². The Morgan fingerprint density at radius 1 is 1.56 bits per heavy atom. The Kier molecular flexibility index (Phi) is 4.38. The van der Waals surface area contributed by atoms with Crippen molar-refractivity contribution in [1.29, 1.82) is 0 Å². The molecule has 2 rings (SSSR count). The van der Waals surface area contributed by atoms with Gasteiger partial charge in [-0.05, 0) is 18.9 Å². The first-order valence-electron chi connectivity index (χ1n) is 5.65. The largest absolute Gasteiger partial charge is 0.379 e. The normalized spacial score (nSPS) is 22.2. The minimum Gasteiger partial charge on any atom is -0.379 e. The third kappa shape index (κ3) is 3.06. The van der Waals surface area contributed by atoms with E-state index in [2.05, 4.69) is 47.1 Å². The Labute approximate surface area is 105 Å². The smallest absolute Gasteiger partial charge is 0.0926 e. The molecule has 1 heterocycles. The van der Waals surface area contributed by atoms with Crippen LogP contribution in [0.3, 0.4) is 0 Å². The van der Waals surface area contributed by atoms with Crippen molar-refractivity contribution in [3.63, 3.8) is 0 Å². The molecule has 0 saturated carbocycles. The molecule has 16 heavy (non-hydrogen) atoms. The summed E-state index contributed by atoms with van der Waals surface area (Å²) in [5.41, 5.74) is 2.51. The van der Waals surface area contributed by atoms with Crippen molar-refractivity contribution in [2.45, 2.75) is 25.6 Å². The van der Waals surface area contributed by atoms with Gasteiger partial charge in [-0.1, -0.05) is 45.8 Å². The summed E-state index contributed by atoms with van der Waals surface area (Å²) in [6.07, 6.45) is 1.39. The molecule has 1 aliphatic heterocycles. The molecule has 0 radical (unpaired) electrons. The summed E-state index contributed by atoms with van der Waals surface area (Å²) in [5, 5.41) is 0.826. The number of rotatable bonds is 4. The third-order valence-corrected chi connectivity index (χ3v) is 3.39. The molecule has 2 unspecified atom stereocenters. The number of ether oxygens (including phenoxy) is 2. The van der Waals surface area contributed by atoms with Crippen molar-refractivity contribution < 1.29 is 9.47 Å². The monoisotopic (exact) mass is 284 g/mol. The van der Waals surface area contributed by atoms with Gasteiger partial charge in [-0.2, -0.15) is 0 Å². The molecule has 0 aromatic heterocycles. The second kappa shape index (κ2) is 5.80. The number of alkyl halides is 1. The van der Waals surface area contributed by atoms with Gasteiger partial charge in [0.05, 0.1) is 18.8 Å². The van der Waals surface area contributed by atoms with E-state index in [9.17, 15) is 0 Å². The van der Waals surface area contributed by atoms with E-state index in [0.29, 0.717) is 0 Å². The van der Waals surface area contributed by atoms with Crippen LogP contribution in [0.1, 0.15) is 23.7 Å². The second-order valence-corrected chi connectivity index (χ2v) is 4.83. The molecule has 1 aliphatic rings. The lowest BCUT2D eigenvalue weighted by molar-refractivity contribution is -0.00468. The highest BCUT2D eigenvalue weighted by Crippen LogP contribution is 2.24. The summed E-state index contributed by atoms with van der Waals surface area (Å²) in [7, 11) is 0. The van der Waals surface area contributed by atoms with Crippen LogP contribution in [-0.2, 0) is 9.47 Å². The molecule has 0 amide bonds. The molecule has 3 heteroatoms. The van der Waals surface area contributed by atoms with Gasteiger partial charge in [-0.25, -0.2) is 0 Å². The summed E-state index contributed by atoms with van der Waals surface area (Å²) in [4.78, 5) is 0. The lowest BCUT2D eigenvalue weighted by atomic mass is 10.1. The first-order chi connectivity index (χ1) is 7.79. The molecule has 1 fully saturated rings. The fraction of sp³-hybridized carbons (Fsp3) is 0.538. The molecule has 2 atom stereocenters. The maximum absolute atomic E-state index is 6.03. The van der Waals surface area contributed by atoms with E-state index in [1.165, 1.54) is 11.1 Å². The molecule has 1 aromatic rings. The minimum absolute atomic E-state index is 0.131. The van der Waals surface area contributed by atoms with Crippen LogP contribution in [0.4, 0.5) is 0 Å². The van der Waals surface area contributed by atoms with Crippen molar-refractivity contribution in [3.05, 3.63) is 35.4 Å². The van der Waals surface area contributed by atoms with E-state index in [0.717, 1.165) is 25.0 Å². The quantitative estimate of drug-likeness (QED) is 0.791. The molecule has 1 saturated heterocycles. The predicted octanol–water partition coefficient (Wildman–Crippen LogP) is 3.24. The summed E-state index contributed by atoms with van der Waals surface area (Å²) < 4.78 is 11.4. The maximum atomic E-state index is 6.03. The van der Waals surface area contributed by atoms with Crippen LogP contribution in [0.15, 0.2) is 24.3 Å². The molecule has 0 bridgehead atoms. The number of aryl methyl sites for hydroxylation is 1. The van der Waals surface area contributed by atoms with Crippen LogP contribution >= 0.6 is 15.9 Å². The van der Waals surface area contributed by atoms with Crippen molar-refractivity contribution in [2.75, 3.05) is 18.5 Å². The van der Waals surface area contributed by atoms with Gasteiger partial charge in [0.25, 0.3) is 0 Å². The van der Waals surface area contributed by atoms with Crippen LogP contribution in [0, 0.1) is 6.92 Å². The standard InChI is InChI=1S/C13H17BrO2/c1-10-3-2-4-11(7-10)13(8-14)16-12-5-6-15-9-12/h2-4,7,12-13H,5-6,8-9H2,1H3. The summed E-state index contributed by atoms with van der Waals surface area (Å²) in [6.45, 7) is 3.66. The fourth-order valence-corrected chi connectivity index (χ4v) is 2.45. The van der Waals surface area contributed by atoms with E-state index in [1.54, 1.807) is 0 Å². The van der Waals surface area contributed by atoms with E-state index in [4.69, 9.17) is 9.47 Å². The minimum atomic E-state index is 0.131. The van der Waals surface area contributed by atoms with Crippen molar-refractivity contribution >= 4 is 15.9 Å². The average Bonchev–Trinajstić information content (AvgIpc) is 2.78. The highest BCUT2D eigenvalue weighted by Gasteiger charge is 2.21. The van der Waals surface area contributed by atoms with E-state index < -0.39 is 0 Å². The SMILES string of the molecule is Cc1cccc(C(CBr)OC2CCOC2)c1. The summed E-state index contributed by atoms with van der Waals surface area (Å²) >= 11 is 3.52. The molecule has 0 aliphatic carbocycles. The lowest BCUT2D eigenvalue weighted by Gasteiger charge is -2.20. The Bertz CT molecular complexity index is 334. The van der Waals surface area contributed by atoms with Crippen LogP contribution in [-0.4, -0.2) is 24.6 Å². The highest BCUT2D eigenvalue weighted by atomic mass is 79.9. The van der Waals surface area contributed by atoms with Crippen LogP contribution in [0.5, 0.6) is 0 Å². The Morgan fingerprint density at radius 2 is 2.44 bits per heavy atom. The van der Waals surface area contributed by atoms with E-state index in [1.807, 2.05) is 0 Å². The van der Waals surface area contributed by atoms with Gasteiger partial charge < -0.3 is 9.47 Å². The van der Waals surface area contributed by atoms with Gasteiger partial charge in [0, 0.05) is 11.9 Å². The zero-order valence-electron chi connectivity index (χ0n) is 9.49. The Hall–Kier alpha value is -0.380. The molecule has 0 N–H and O–H groups in total. The average molecular weight is 285 g/mol. The molecule has 2 nitrogen and oxygen atoms in total. The van der Waals surface area contributed by atoms with E-state index in [-0.39, 0.29) is 12.2 Å². The summed E-state index contributed by atoms with van der Waals surface area (Å²) in [6, 6.07) is 8.48. The number of hydrogen-bond donors (Lipinski definition) is 0. The third-order valence-electron chi connectivity index (χ3n) is 2.80. The first kappa shape index (κ1) is 12.1. The predicted molar refractivity (Wildman–Crippen MR) is 68.0 cm³/mol. The zero-order valence-corrected chi connectivity index (χ0v) is 11.1. The van der Waals surface area contributed by atoms with Gasteiger partial charge in [-0.15, -0.1) is 0 Å². The van der Waals surface area contributed by atoms with Crippen molar-refractivity contribution in [3.8, 4) is 0 Å². The zero-order chi connectivity index (χ0) is 11.4. The maximum Gasteiger partial charge on any atom is 0.0926 e. The summed E-state index contributed by atoms with van der Waals surface area (Å²) in [5.74, 6) is 0. The lowest BCUT2D eigenvalue weighted by Crippen LogP contribution is -2.17. The van der Waals surface area contributed by atoms with Gasteiger partial charge in [-0.3, -0.25) is 0 Å². The molecular formula is C13H17BrO2. The van der Waals surface area contributed by atoms with Crippen LogP contribution in [0.2, 0.25) is 0 Å². The van der Waals surface area contributed by atoms with E-state index >= 15 is 0 Å². The molecule has 88 valence electrons. The molecule has 1 aromatic carbocycles.